The van der Waals surface area contributed by atoms with Crippen LogP contribution in [0.1, 0.15) is 31.7 Å². The molecule has 31 heavy (non-hydrogen) atoms. The number of nitrogens with zero attached hydrogens (tertiary/aromatic N) is 1. The highest BCUT2D eigenvalue weighted by Gasteiger charge is 2.31. The summed E-state index contributed by atoms with van der Waals surface area (Å²) in [5, 5.41) is 1.59. The molecule has 1 amide bonds. The van der Waals surface area contributed by atoms with Gasteiger partial charge in [0, 0.05) is 24.3 Å². The molecule has 0 saturated carbocycles. The minimum absolute atomic E-state index is 0.0310. The summed E-state index contributed by atoms with van der Waals surface area (Å²) in [5.41, 5.74) is 2.00. The molecule has 0 spiro atoms. The van der Waals surface area contributed by atoms with Crippen LogP contribution in [0.25, 0.3) is 10.9 Å². The molecule has 1 aliphatic rings. The Bertz CT molecular complexity index is 1030. The van der Waals surface area contributed by atoms with Crippen molar-refractivity contribution in [2.24, 2.45) is 5.92 Å². The van der Waals surface area contributed by atoms with Crippen LogP contribution in [-0.4, -0.2) is 39.5 Å². The van der Waals surface area contributed by atoms with Gasteiger partial charge in [0.1, 0.15) is 6.04 Å². The van der Waals surface area contributed by atoms with E-state index < -0.39 is 17.4 Å². The van der Waals surface area contributed by atoms with E-state index in [1.807, 2.05) is 59.6 Å². The number of carbonyl (C=O) groups excluding carboxylic acids is 1. The highest BCUT2D eigenvalue weighted by molar-refractivity contribution is 7.89. The van der Waals surface area contributed by atoms with Gasteiger partial charge in [-0.2, -0.15) is 0 Å². The fourth-order valence-corrected chi connectivity index (χ4v) is 5.49. The van der Waals surface area contributed by atoms with Gasteiger partial charge >= 0.3 is 0 Å². The van der Waals surface area contributed by atoms with Crippen molar-refractivity contribution in [3.8, 4) is 0 Å². The van der Waals surface area contributed by atoms with E-state index in [2.05, 4.69) is 16.6 Å². The second kappa shape index (κ2) is 10.1. The summed E-state index contributed by atoms with van der Waals surface area (Å²) in [6, 6.07) is 14.7. The lowest BCUT2D eigenvalue weighted by Gasteiger charge is -2.33. The molecule has 0 radical (unpaired) electrons. The van der Waals surface area contributed by atoms with E-state index in [-0.39, 0.29) is 5.91 Å². The van der Waals surface area contributed by atoms with Crippen LogP contribution < -0.4 is 4.72 Å². The number of amides is 1. The monoisotopic (exact) mass is 457 g/mol. The summed E-state index contributed by atoms with van der Waals surface area (Å²) in [6.07, 6.45) is 5.10. The number of aryl methyl sites for hydroxylation is 1. The molecule has 2 aromatic carbocycles. The van der Waals surface area contributed by atoms with Gasteiger partial charge in [0.2, 0.25) is 5.91 Å². The fourth-order valence-electron chi connectivity index (χ4n) is 4.10. The lowest BCUT2D eigenvalue weighted by Crippen LogP contribution is -2.50. The number of hydrogen-bond acceptors (Lipinski definition) is 3. The van der Waals surface area contributed by atoms with Gasteiger partial charge in [-0.15, -0.1) is 4.72 Å². The SMILES string of the molecule is CC1CCN(C(=O)C(CCc2cccc(Cl)c2)N[S+]([O-])c2cccc3[nH]ccc23)CC1. The number of hydrogen-bond donors (Lipinski definition) is 2. The van der Waals surface area contributed by atoms with Crippen molar-refractivity contribution in [1.29, 1.82) is 0 Å². The van der Waals surface area contributed by atoms with Crippen LogP contribution in [0.15, 0.2) is 59.6 Å². The topological polar surface area (TPSA) is 71.2 Å². The zero-order valence-corrected chi connectivity index (χ0v) is 19.2. The predicted octanol–water partition coefficient (Wildman–Crippen LogP) is 4.69. The first-order valence-electron chi connectivity index (χ1n) is 10.8. The molecular formula is C24H28ClN3O2S. The molecule has 0 aliphatic carbocycles. The highest BCUT2D eigenvalue weighted by Crippen LogP contribution is 2.24. The van der Waals surface area contributed by atoms with Crippen molar-refractivity contribution in [2.45, 2.75) is 43.5 Å². The Morgan fingerprint density at radius 1 is 1.26 bits per heavy atom. The number of rotatable bonds is 7. The van der Waals surface area contributed by atoms with Gasteiger partial charge in [-0.1, -0.05) is 36.7 Å². The van der Waals surface area contributed by atoms with E-state index in [1.54, 1.807) is 0 Å². The van der Waals surface area contributed by atoms with Crippen LogP contribution in [0.4, 0.5) is 0 Å². The Labute approximate surface area is 191 Å². The van der Waals surface area contributed by atoms with Crippen molar-refractivity contribution < 1.29 is 9.35 Å². The second-order valence-electron chi connectivity index (χ2n) is 8.31. The van der Waals surface area contributed by atoms with Gasteiger partial charge in [-0.05, 0) is 67.5 Å². The maximum absolute atomic E-state index is 13.4. The zero-order valence-electron chi connectivity index (χ0n) is 17.6. The van der Waals surface area contributed by atoms with Gasteiger partial charge < -0.3 is 14.4 Å². The molecule has 0 bridgehead atoms. The molecule has 2 unspecified atom stereocenters. The predicted molar refractivity (Wildman–Crippen MR) is 126 cm³/mol. The van der Waals surface area contributed by atoms with E-state index in [0.717, 1.165) is 42.4 Å². The molecule has 2 N–H and O–H groups in total. The normalized spacial score (nSPS) is 17.1. The average molecular weight is 458 g/mol. The molecule has 1 aromatic heterocycles. The Morgan fingerprint density at radius 2 is 2.03 bits per heavy atom. The van der Waals surface area contributed by atoms with Crippen LogP contribution >= 0.6 is 11.6 Å². The Hall–Kier alpha value is -1.99. The molecule has 1 fully saturated rings. The fraction of sp³-hybridized carbons (Fsp3) is 0.375. The van der Waals surface area contributed by atoms with Crippen molar-refractivity contribution in [2.75, 3.05) is 13.1 Å². The summed E-state index contributed by atoms with van der Waals surface area (Å²) >= 11 is 4.62. The number of carbonyl (C=O) groups is 1. The summed E-state index contributed by atoms with van der Waals surface area (Å²) in [6.45, 7) is 3.74. The van der Waals surface area contributed by atoms with Gasteiger partial charge in [-0.25, -0.2) is 0 Å². The maximum atomic E-state index is 13.4. The van der Waals surface area contributed by atoms with Crippen LogP contribution in [-0.2, 0) is 22.6 Å². The standard InChI is InChI=1S/C24H28ClN3O2S/c1-17-11-14-28(15-12-17)24(29)22(9-8-18-4-2-5-19(25)16-18)27-31(30)23-7-3-6-21-20(23)10-13-26-21/h2-7,10,13,16-17,22,26-27H,8-9,11-12,14-15H2,1H3. The van der Waals surface area contributed by atoms with Crippen LogP contribution in [0.3, 0.4) is 0 Å². The Morgan fingerprint density at radius 3 is 2.81 bits per heavy atom. The number of H-pyrrole nitrogens is 1. The molecule has 7 heteroatoms. The number of likely N-dealkylation sites (tertiary alicyclic amines) is 1. The first-order valence-corrected chi connectivity index (χ1v) is 12.3. The molecule has 2 atom stereocenters. The van der Waals surface area contributed by atoms with Crippen molar-refractivity contribution in [1.82, 2.24) is 14.6 Å². The second-order valence-corrected chi connectivity index (χ2v) is 9.96. The number of piperidine rings is 1. The summed E-state index contributed by atoms with van der Waals surface area (Å²) < 4.78 is 16.4. The van der Waals surface area contributed by atoms with Gasteiger partial charge in [0.05, 0.1) is 22.3 Å². The quantitative estimate of drug-likeness (QED) is 0.505. The summed E-state index contributed by atoms with van der Waals surface area (Å²) in [7, 11) is 0. The minimum Gasteiger partial charge on any atom is -0.593 e. The molecular weight excluding hydrogens is 430 g/mol. The Kier molecular flexibility index (Phi) is 7.23. The largest absolute Gasteiger partial charge is 0.593 e. The maximum Gasteiger partial charge on any atom is 0.244 e. The first-order chi connectivity index (χ1) is 15.0. The first kappa shape index (κ1) is 22.2. The van der Waals surface area contributed by atoms with E-state index >= 15 is 0 Å². The lowest BCUT2D eigenvalue weighted by molar-refractivity contribution is -0.134. The van der Waals surface area contributed by atoms with Crippen molar-refractivity contribution >= 4 is 39.8 Å². The van der Waals surface area contributed by atoms with E-state index in [1.165, 1.54) is 0 Å². The number of aromatic amines is 1. The molecule has 164 valence electrons. The smallest absolute Gasteiger partial charge is 0.244 e. The van der Waals surface area contributed by atoms with Crippen LogP contribution in [0, 0.1) is 5.92 Å². The van der Waals surface area contributed by atoms with E-state index in [9.17, 15) is 9.35 Å². The van der Waals surface area contributed by atoms with Gasteiger partial charge in [-0.3, -0.25) is 4.79 Å². The molecule has 1 saturated heterocycles. The van der Waals surface area contributed by atoms with Crippen LogP contribution in [0.2, 0.25) is 5.02 Å². The number of nitrogens with one attached hydrogen (secondary N) is 2. The van der Waals surface area contributed by atoms with Crippen LogP contribution in [0.5, 0.6) is 0 Å². The average Bonchev–Trinajstić information content (AvgIpc) is 3.25. The molecule has 3 aromatic rings. The number of aromatic nitrogens is 1. The van der Waals surface area contributed by atoms with Gasteiger partial charge in [0.25, 0.3) is 0 Å². The third kappa shape index (κ3) is 5.44. The minimum atomic E-state index is -1.50. The van der Waals surface area contributed by atoms with Crippen molar-refractivity contribution in [3.63, 3.8) is 0 Å². The summed E-state index contributed by atoms with van der Waals surface area (Å²) in [4.78, 5) is 19.1. The summed E-state index contributed by atoms with van der Waals surface area (Å²) in [5.74, 6) is 0.672. The third-order valence-corrected chi connectivity index (χ3v) is 7.50. The number of halogens is 1. The molecule has 2 heterocycles. The third-order valence-electron chi connectivity index (χ3n) is 6.01. The van der Waals surface area contributed by atoms with E-state index in [0.29, 0.717) is 28.7 Å². The number of benzene rings is 2. The highest BCUT2D eigenvalue weighted by atomic mass is 35.5. The Balaban J connectivity index is 1.52. The molecule has 4 rings (SSSR count). The molecule has 5 nitrogen and oxygen atoms in total. The van der Waals surface area contributed by atoms with Gasteiger partial charge in [0.15, 0.2) is 4.90 Å². The lowest BCUT2D eigenvalue weighted by atomic mass is 9.98. The zero-order chi connectivity index (χ0) is 21.8. The van der Waals surface area contributed by atoms with Crippen molar-refractivity contribution in [3.05, 3.63) is 65.3 Å². The number of fused-ring (bicyclic) bond motifs is 1. The van der Waals surface area contributed by atoms with E-state index in [4.69, 9.17) is 11.6 Å². The molecule has 1 aliphatic heterocycles.